The van der Waals surface area contributed by atoms with Crippen molar-refractivity contribution in [3.63, 3.8) is 0 Å². The van der Waals surface area contributed by atoms with E-state index in [4.69, 9.17) is 5.73 Å². The summed E-state index contributed by atoms with van der Waals surface area (Å²) in [5, 5.41) is 12.7. The van der Waals surface area contributed by atoms with Crippen molar-refractivity contribution in [3.05, 3.63) is 23.0 Å². The highest BCUT2D eigenvalue weighted by molar-refractivity contribution is 7.15. The highest BCUT2D eigenvalue weighted by atomic mass is 32.1. The molecule has 16 heavy (non-hydrogen) atoms. The number of hydrogen-bond donors (Lipinski definition) is 2. The van der Waals surface area contributed by atoms with Gasteiger partial charge in [-0.2, -0.15) is 15.4 Å². The highest BCUT2D eigenvalue weighted by Gasteiger charge is 2.12. The zero-order chi connectivity index (χ0) is 11.1. The van der Waals surface area contributed by atoms with Gasteiger partial charge in [-0.3, -0.25) is 4.40 Å². The molecule has 3 aromatic heterocycles. The maximum absolute atomic E-state index is 5.64. The van der Waals surface area contributed by atoms with Crippen LogP contribution in [0, 0.1) is 6.92 Å². The van der Waals surface area contributed by atoms with Gasteiger partial charge in [0.2, 0.25) is 0 Å². The van der Waals surface area contributed by atoms with Gasteiger partial charge in [-0.25, -0.2) is 4.98 Å². The van der Waals surface area contributed by atoms with E-state index >= 15 is 0 Å². The van der Waals surface area contributed by atoms with Gasteiger partial charge in [0.15, 0.2) is 4.96 Å². The minimum Gasteiger partial charge on any atom is -0.325 e. The summed E-state index contributed by atoms with van der Waals surface area (Å²) in [6, 6.07) is 0. The molecule has 0 aromatic carbocycles. The van der Waals surface area contributed by atoms with Crippen LogP contribution in [0.3, 0.4) is 0 Å². The maximum Gasteiger partial charge on any atom is 0.194 e. The monoisotopic (exact) mass is 234 g/mol. The van der Waals surface area contributed by atoms with Crippen molar-refractivity contribution in [1.82, 2.24) is 24.8 Å². The first-order chi connectivity index (χ1) is 7.79. The van der Waals surface area contributed by atoms with Crippen LogP contribution in [0.1, 0.15) is 11.4 Å². The van der Waals surface area contributed by atoms with Gasteiger partial charge in [-0.1, -0.05) is 0 Å². The summed E-state index contributed by atoms with van der Waals surface area (Å²) in [5.74, 6) is 0. The average Bonchev–Trinajstić information content (AvgIpc) is 2.90. The lowest BCUT2D eigenvalue weighted by molar-refractivity contribution is 0.929. The second-order valence-electron chi connectivity index (χ2n) is 3.47. The molecule has 7 heteroatoms. The Morgan fingerprint density at radius 2 is 2.38 bits per heavy atom. The maximum atomic E-state index is 5.64. The predicted molar refractivity (Wildman–Crippen MR) is 61.1 cm³/mol. The van der Waals surface area contributed by atoms with Gasteiger partial charge in [-0.15, -0.1) is 11.3 Å². The summed E-state index contributed by atoms with van der Waals surface area (Å²) in [6.45, 7) is 2.41. The molecule has 0 unspecified atom stereocenters. The van der Waals surface area contributed by atoms with Gasteiger partial charge < -0.3 is 5.73 Å². The van der Waals surface area contributed by atoms with Crippen LogP contribution in [0.25, 0.3) is 16.3 Å². The molecular weight excluding hydrogens is 224 g/mol. The molecule has 3 aromatic rings. The minimum atomic E-state index is 0.508. The number of nitrogens with zero attached hydrogens (tertiary/aromatic N) is 4. The summed E-state index contributed by atoms with van der Waals surface area (Å²) in [5.41, 5.74) is 9.16. The number of thiazole rings is 1. The van der Waals surface area contributed by atoms with Crippen molar-refractivity contribution in [2.75, 3.05) is 0 Å². The third kappa shape index (κ3) is 1.25. The van der Waals surface area contributed by atoms with Gasteiger partial charge in [0, 0.05) is 23.8 Å². The first-order valence-electron chi connectivity index (χ1n) is 4.83. The largest absolute Gasteiger partial charge is 0.325 e. The Labute approximate surface area is 95.1 Å². The van der Waals surface area contributed by atoms with Gasteiger partial charge in [0.25, 0.3) is 0 Å². The molecular formula is C9H10N6S. The van der Waals surface area contributed by atoms with Crippen LogP contribution in [0.15, 0.2) is 11.6 Å². The molecule has 0 spiro atoms. The molecule has 82 valence electrons. The molecule has 0 aliphatic carbocycles. The molecule has 0 atom stereocenters. The molecule has 3 N–H and O–H groups in total. The Kier molecular flexibility index (Phi) is 2.01. The third-order valence-corrected chi connectivity index (χ3v) is 3.35. The number of hydrogen-bond acceptors (Lipinski definition) is 5. The van der Waals surface area contributed by atoms with E-state index in [9.17, 15) is 0 Å². The Morgan fingerprint density at radius 3 is 3.06 bits per heavy atom. The topological polar surface area (TPSA) is 84.9 Å². The molecule has 0 saturated carbocycles. The lowest BCUT2D eigenvalue weighted by Gasteiger charge is -1.91. The second-order valence-corrected chi connectivity index (χ2v) is 4.30. The molecule has 0 radical (unpaired) electrons. The summed E-state index contributed by atoms with van der Waals surface area (Å²) >= 11 is 1.58. The van der Waals surface area contributed by atoms with Gasteiger partial charge in [0.1, 0.15) is 11.4 Å². The van der Waals surface area contributed by atoms with Gasteiger partial charge in [0.05, 0.1) is 5.69 Å². The molecule has 3 heterocycles. The number of rotatable bonds is 2. The second kappa shape index (κ2) is 3.39. The Morgan fingerprint density at radius 1 is 1.50 bits per heavy atom. The van der Waals surface area contributed by atoms with Crippen LogP contribution >= 0.6 is 11.3 Å². The summed E-state index contributed by atoms with van der Waals surface area (Å²) < 4.78 is 1.99. The number of imidazole rings is 1. The van der Waals surface area contributed by atoms with E-state index in [2.05, 4.69) is 20.4 Å². The number of aromatic nitrogens is 5. The normalized spacial score (nSPS) is 11.4. The van der Waals surface area contributed by atoms with Crippen LogP contribution in [0.4, 0.5) is 0 Å². The number of fused-ring (bicyclic) bond motifs is 1. The van der Waals surface area contributed by atoms with Crippen molar-refractivity contribution in [3.8, 4) is 11.4 Å². The van der Waals surface area contributed by atoms with E-state index in [1.54, 1.807) is 11.3 Å². The van der Waals surface area contributed by atoms with E-state index in [0.29, 0.717) is 6.54 Å². The number of nitrogens with two attached hydrogens (primary N) is 1. The van der Waals surface area contributed by atoms with Crippen molar-refractivity contribution in [1.29, 1.82) is 0 Å². The molecule has 3 rings (SSSR count). The van der Waals surface area contributed by atoms with Crippen LogP contribution in [0.5, 0.6) is 0 Å². The Balaban J connectivity index is 2.19. The van der Waals surface area contributed by atoms with E-state index in [0.717, 1.165) is 27.7 Å². The fourth-order valence-electron chi connectivity index (χ4n) is 1.62. The van der Waals surface area contributed by atoms with Crippen LogP contribution < -0.4 is 5.73 Å². The lowest BCUT2D eigenvalue weighted by Crippen LogP contribution is -1.98. The zero-order valence-electron chi connectivity index (χ0n) is 8.64. The average molecular weight is 234 g/mol. The number of aromatic amines is 1. The van der Waals surface area contributed by atoms with E-state index < -0.39 is 0 Å². The quantitative estimate of drug-likeness (QED) is 0.691. The molecule has 0 fully saturated rings. The minimum absolute atomic E-state index is 0.508. The molecule has 0 aliphatic heterocycles. The summed E-state index contributed by atoms with van der Waals surface area (Å²) in [7, 11) is 0. The predicted octanol–water partition coefficient (Wildman–Crippen LogP) is 0.948. The molecule has 0 bridgehead atoms. The van der Waals surface area contributed by atoms with Gasteiger partial charge in [-0.05, 0) is 6.92 Å². The summed E-state index contributed by atoms with van der Waals surface area (Å²) in [6.07, 6.45) is 1.94. The van der Waals surface area contributed by atoms with Crippen molar-refractivity contribution in [2.45, 2.75) is 13.5 Å². The molecule has 6 nitrogen and oxygen atoms in total. The van der Waals surface area contributed by atoms with E-state index in [-0.39, 0.29) is 0 Å². The number of nitrogens with one attached hydrogen (secondary N) is 1. The van der Waals surface area contributed by atoms with Gasteiger partial charge >= 0.3 is 0 Å². The lowest BCUT2D eigenvalue weighted by atomic mass is 10.3. The van der Waals surface area contributed by atoms with E-state index in [1.165, 1.54) is 0 Å². The number of H-pyrrole nitrogens is 1. The van der Waals surface area contributed by atoms with Crippen molar-refractivity contribution < 1.29 is 0 Å². The standard InChI is InChI=1S/C9H10N6S/c1-5-8(13-14-12-5)7-3-15-6(2-10)4-16-9(15)11-7/h3-4H,2,10H2,1H3,(H,12,13,14). The molecule has 0 amide bonds. The first-order valence-corrected chi connectivity index (χ1v) is 5.71. The van der Waals surface area contributed by atoms with Crippen molar-refractivity contribution >= 4 is 16.3 Å². The Bertz CT molecular complexity index is 633. The van der Waals surface area contributed by atoms with Crippen LogP contribution in [-0.2, 0) is 6.54 Å². The zero-order valence-corrected chi connectivity index (χ0v) is 9.45. The third-order valence-electron chi connectivity index (χ3n) is 2.46. The fraction of sp³-hybridized carbons (Fsp3) is 0.222. The Hall–Kier alpha value is -1.73. The van der Waals surface area contributed by atoms with Crippen LogP contribution in [-0.4, -0.2) is 24.8 Å². The molecule has 0 aliphatic rings. The summed E-state index contributed by atoms with van der Waals surface area (Å²) in [4.78, 5) is 5.42. The smallest absolute Gasteiger partial charge is 0.194 e. The number of aryl methyl sites for hydroxylation is 1. The van der Waals surface area contributed by atoms with E-state index in [1.807, 2.05) is 22.9 Å². The molecule has 0 saturated heterocycles. The SMILES string of the molecule is Cc1n[nH]nc1-c1cn2c(CN)csc2n1. The van der Waals surface area contributed by atoms with Crippen LogP contribution in [0.2, 0.25) is 0 Å². The fourth-order valence-corrected chi connectivity index (χ4v) is 2.50. The highest BCUT2D eigenvalue weighted by Crippen LogP contribution is 2.23. The van der Waals surface area contributed by atoms with Crippen molar-refractivity contribution in [2.24, 2.45) is 5.73 Å². The first kappa shape index (κ1) is 9.49.